The Balaban J connectivity index is 0.00000261. The third-order valence-corrected chi connectivity index (χ3v) is 4.67. The standard InChI is InChI=1S/C21H27FN2O2.ClH/c1-16-11-17(2)13-19(12-16)26-15-18(25)14-23-7-9-24(10-8-23)21-6-4-3-5-20(21)22;/h3-6,11-13,18,25H,7-10,14-15H2,1-2H3;1H. The van der Waals surface area contributed by atoms with E-state index in [-0.39, 0.29) is 24.8 Å². The van der Waals surface area contributed by atoms with Crippen LogP contribution in [0.15, 0.2) is 42.5 Å². The van der Waals surface area contributed by atoms with Gasteiger partial charge in [0.05, 0.1) is 5.69 Å². The third-order valence-electron chi connectivity index (χ3n) is 4.67. The van der Waals surface area contributed by atoms with Crippen molar-refractivity contribution < 1.29 is 14.2 Å². The molecule has 0 aromatic heterocycles. The number of halogens is 2. The number of aryl methyl sites for hydroxylation is 2. The number of nitrogens with zero attached hydrogens (tertiary/aromatic N) is 2. The van der Waals surface area contributed by atoms with Crippen molar-refractivity contribution in [1.29, 1.82) is 0 Å². The molecule has 0 saturated carbocycles. The minimum atomic E-state index is -0.546. The molecule has 2 aromatic carbocycles. The zero-order chi connectivity index (χ0) is 18.5. The first-order chi connectivity index (χ1) is 12.5. The van der Waals surface area contributed by atoms with Gasteiger partial charge >= 0.3 is 0 Å². The van der Waals surface area contributed by atoms with E-state index in [9.17, 15) is 9.50 Å². The molecule has 1 N–H and O–H groups in total. The summed E-state index contributed by atoms with van der Waals surface area (Å²) in [5, 5.41) is 10.3. The van der Waals surface area contributed by atoms with Crippen LogP contribution in [0.25, 0.3) is 0 Å². The van der Waals surface area contributed by atoms with E-state index in [4.69, 9.17) is 4.74 Å². The minimum Gasteiger partial charge on any atom is -0.491 e. The number of hydrogen-bond donors (Lipinski definition) is 1. The average molecular weight is 395 g/mol. The van der Waals surface area contributed by atoms with E-state index in [0.29, 0.717) is 12.2 Å². The molecule has 1 saturated heterocycles. The predicted octanol–water partition coefficient (Wildman–Crippen LogP) is 3.43. The van der Waals surface area contributed by atoms with Gasteiger partial charge in [0.1, 0.15) is 24.3 Å². The molecule has 1 heterocycles. The summed E-state index contributed by atoms with van der Waals surface area (Å²) in [6.07, 6.45) is -0.546. The van der Waals surface area contributed by atoms with Crippen molar-refractivity contribution in [3.63, 3.8) is 0 Å². The Hall–Kier alpha value is -1.82. The van der Waals surface area contributed by atoms with Gasteiger partial charge in [0, 0.05) is 32.7 Å². The summed E-state index contributed by atoms with van der Waals surface area (Å²) in [5.74, 6) is 0.619. The molecular weight excluding hydrogens is 367 g/mol. The molecule has 0 radical (unpaired) electrons. The average Bonchev–Trinajstić information content (AvgIpc) is 2.60. The Labute approximate surface area is 167 Å². The van der Waals surface area contributed by atoms with Gasteiger partial charge in [-0.15, -0.1) is 12.4 Å². The molecule has 0 aliphatic carbocycles. The molecule has 1 atom stereocenters. The molecule has 0 spiro atoms. The topological polar surface area (TPSA) is 35.9 Å². The highest BCUT2D eigenvalue weighted by Crippen LogP contribution is 2.20. The van der Waals surface area contributed by atoms with Crippen LogP contribution in [0.5, 0.6) is 5.75 Å². The van der Waals surface area contributed by atoms with Crippen LogP contribution in [0.3, 0.4) is 0 Å². The maximum atomic E-state index is 13.9. The van der Waals surface area contributed by atoms with E-state index in [1.54, 1.807) is 6.07 Å². The Morgan fingerprint density at radius 1 is 1.04 bits per heavy atom. The normalized spacial score (nSPS) is 15.9. The summed E-state index contributed by atoms with van der Waals surface area (Å²) in [7, 11) is 0. The number of piperazine rings is 1. The number of aliphatic hydroxyl groups excluding tert-OH is 1. The van der Waals surface area contributed by atoms with Gasteiger partial charge in [-0.3, -0.25) is 4.90 Å². The van der Waals surface area contributed by atoms with Crippen LogP contribution in [0.2, 0.25) is 0 Å². The van der Waals surface area contributed by atoms with Gasteiger partial charge < -0.3 is 14.7 Å². The lowest BCUT2D eigenvalue weighted by Gasteiger charge is -2.36. The van der Waals surface area contributed by atoms with Crippen molar-refractivity contribution in [2.45, 2.75) is 20.0 Å². The van der Waals surface area contributed by atoms with Crippen molar-refractivity contribution in [1.82, 2.24) is 4.90 Å². The monoisotopic (exact) mass is 394 g/mol. The summed E-state index contributed by atoms with van der Waals surface area (Å²) in [4.78, 5) is 4.26. The number of ether oxygens (including phenoxy) is 1. The molecule has 1 aliphatic rings. The molecule has 6 heteroatoms. The van der Waals surface area contributed by atoms with E-state index in [1.807, 2.05) is 38.1 Å². The van der Waals surface area contributed by atoms with E-state index >= 15 is 0 Å². The second-order valence-electron chi connectivity index (χ2n) is 7.03. The molecular formula is C21H28ClFN2O2. The quantitative estimate of drug-likeness (QED) is 0.814. The highest BCUT2D eigenvalue weighted by Gasteiger charge is 2.21. The summed E-state index contributed by atoms with van der Waals surface area (Å²) in [5.41, 5.74) is 2.96. The number of para-hydroxylation sites is 1. The maximum absolute atomic E-state index is 13.9. The molecule has 3 rings (SSSR count). The zero-order valence-electron chi connectivity index (χ0n) is 15.9. The smallest absolute Gasteiger partial charge is 0.146 e. The van der Waals surface area contributed by atoms with Crippen molar-refractivity contribution in [2.24, 2.45) is 0 Å². The Morgan fingerprint density at radius 2 is 1.67 bits per heavy atom. The van der Waals surface area contributed by atoms with Gasteiger partial charge in [-0.25, -0.2) is 4.39 Å². The molecule has 2 aromatic rings. The van der Waals surface area contributed by atoms with Crippen molar-refractivity contribution in [2.75, 3.05) is 44.2 Å². The summed E-state index contributed by atoms with van der Waals surface area (Å²) < 4.78 is 19.6. The van der Waals surface area contributed by atoms with E-state index in [2.05, 4.69) is 15.9 Å². The van der Waals surface area contributed by atoms with Gasteiger partial charge in [-0.05, 0) is 49.2 Å². The lowest BCUT2D eigenvalue weighted by molar-refractivity contribution is 0.0662. The van der Waals surface area contributed by atoms with Crippen molar-refractivity contribution in [3.05, 3.63) is 59.4 Å². The highest BCUT2D eigenvalue weighted by molar-refractivity contribution is 5.85. The second-order valence-corrected chi connectivity index (χ2v) is 7.03. The van der Waals surface area contributed by atoms with Crippen LogP contribution < -0.4 is 9.64 Å². The fourth-order valence-corrected chi connectivity index (χ4v) is 3.44. The first-order valence-corrected chi connectivity index (χ1v) is 9.12. The van der Waals surface area contributed by atoms with E-state index < -0.39 is 6.10 Å². The van der Waals surface area contributed by atoms with Crippen LogP contribution in [0.1, 0.15) is 11.1 Å². The van der Waals surface area contributed by atoms with Crippen molar-refractivity contribution >= 4 is 18.1 Å². The van der Waals surface area contributed by atoms with Crippen molar-refractivity contribution in [3.8, 4) is 5.75 Å². The molecule has 27 heavy (non-hydrogen) atoms. The second kappa shape index (κ2) is 9.93. The molecule has 4 nitrogen and oxygen atoms in total. The zero-order valence-corrected chi connectivity index (χ0v) is 16.7. The fourth-order valence-electron chi connectivity index (χ4n) is 3.44. The van der Waals surface area contributed by atoms with Crippen LogP contribution in [-0.2, 0) is 0 Å². The predicted molar refractivity (Wildman–Crippen MR) is 110 cm³/mol. The number of aliphatic hydroxyl groups is 1. The van der Waals surface area contributed by atoms with Crippen LogP contribution in [0.4, 0.5) is 10.1 Å². The Kier molecular flexibility index (Phi) is 7.90. The first kappa shape index (κ1) is 21.5. The lowest BCUT2D eigenvalue weighted by atomic mass is 10.1. The largest absolute Gasteiger partial charge is 0.491 e. The third kappa shape index (κ3) is 6.09. The van der Waals surface area contributed by atoms with Crippen LogP contribution >= 0.6 is 12.4 Å². The summed E-state index contributed by atoms with van der Waals surface area (Å²) in [6.45, 7) is 8.02. The SMILES string of the molecule is Cc1cc(C)cc(OCC(O)CN2CCN(c3ccccc3F)CC2)c1.Cl. The number of rotatable bonds is 6. The summed E-state index contributed by atoms with van der Waals surface area (Å²) >= 11 is 0. The number of benzene rings is 2. The van der Waals surface area contributed by atoms with E-state index in [0.717, 1.165) is 43.1 Å². The highest BCUT2D eigenvalue weighted by atomic mass is 35.5. The minimum absolute atomic E-state index is 0. The lowest BCUT2D eigenvalue weighted by Crippen LogP contribution is -2.49. The van der Waals surface area contributed by atoms with Gasteiger partial charge in [0.15, 0.2) is 0 Å². The molecule has 1 unspecified atom stereocenters. The van der Waals surface area contributed by atoms with Crippen LogP contribution in [-0.4, -0.2) is 55.4 Å². The summed E-state index contributed by atoms with van der Waals surface area (Å²) in [6, 6.07) is 12.9. The first-order valence-electron chi connectivity index (χ1n) is 9.12. The molecule has 0 amide bonds. The fraction of sp³-hybridized carbons (Fsp3) is 0.429. The number of anilines is 1. The van der Waals surface area contributed by atoms with Gasteiger partial charge in [0.2, 0.25) is 0 Å². The van der Waals surface area contributed by atoms with E-state index in [1.165, 1.54) is 6.07 Å². The number of hydrogen-bond acceptors (Lipinski definition) is 4. The molecule has 1 aliphatic heterocycles. The Morgan fingerprint density at radius 3 is 2.30 bits per heavy atom. The van der Waals surface area contributed by atoms with Gasteiger partial charge in [0.25, 0.3) is 0 Å². The molecule has 148 valence electrons. The van der Waals surface area contributed by atoms with Crippen LogP contribution in [0, 0.1) is 19.7 Å². The Bertz CT molecular complexity index is 716. The maximum Gasteiger partial charge on any atom is 0.146 e. The molecule has 1 fully saturated rings. The van der Waals surface area contributed by atoms with Gasteiger partial charge in [-0.1, -0.05) is 18.2 Å². The molecule has 0 bridgehead atoms. The number of β-amino-alcohol motifs (C(OH)–C–C–N with tert-alkyl or cyclic N) is 1. The van der Waals surface area contributed by atoms with Gasteiger partial charge in [-0.2, -0.15) is 0 Å².